The van der Waals surface area contributed by atoms with Crippen molar-refractivity contribution in [2.45, 2.75) is 18.4 Å². The van der Waals surface area contributed by atoms with Crippen molar-refractivity contribution in [3.05, 3.63) is 89.7 Å². The van der Waals surface area contributed by atoms with E-state index in [9.17, 15) is 17.6 Å². The summed E-state index contributed by atoms with van der Waals surface area (Å²) in [6, 6.07) is 18.7. The third-order valence-electron chi connectivity index (χ3n) is 4.60. The standard InChI is InChI=1S/C23H23FN2O4S/c1-17-8-13-22(30-2)21(14-17)25-23(27)16-26(15-18-9-11-19(24)12-10-18)31(28,29)20-6-4-3-5-7-20/h3-14H,15-16H2,1-2H3,(H,25,27). The third-order valence-corrected chi connectivity index (χ3v) is 6.41. The van der Waals surface area contributed by atoms with Gasteiger partial charge in [0.2, 0.25) is 15.9 Å². The number of benzene rings is 3. The lowest BCUT2D eigenvalue weighted by Crippen LogP contribution is -2.37. The highest BCUT2D eigenvalue weighted by atomic mass is 32.2. The number of carbonyl (C=O) groups excluding carboxylic acids is 1. The van der Waals surface area contributed by atoms with Crippen LogP contribution < -0.4 is 10.1 Å². The average Bonchev–Trinajstić information content (AvgIpc) is 2.75. The van der Waals surface area contributed by atoms with Crippen molar-refractivity contribution in [3.63, 3.8) is 0 Å². The number of ether oxygens (including phenoxy) is 1. The Morgan fingerprint density at radius 3 is 2.35 bits per heavy atom. The molecule has 3 aromatic rings. The van der Waals surface area contributed by atoms with Crippen molar-refractivity contribution < 1.29 is 22.3 Å². The van der Waals surface area contributed by atoms with Crippen LogP contribution in [0.2, 0.25) is 0 Å². The first-order valence-electron chi connectivity index (χ1n) is 9.54. The highest BCUT2D eigenvalue weighted by Gasteiger charge is 2.27. The van der Waals surface area contributed by atoms with Gasteiger partial charge in [-0.3, -0.25) is 4.79 Å². The number of hydrogen-bond donors (Lipinski definition) is 1. The Kier molecular flexibility index (Phi) is 7.04. The SMILES string of the molecule is COc1ccc(C)cc1NC(=O)CN(Cc1ccc(F)cc1)S(=O)(=O)c1ccccc1. The van der Waals surface area contributed by atoms with Gasteiger partial charge in [-0.1, -0.05) is 36.4 Å². The largest absolute Gasteiger partial charge is 0.495 e. The molecule has 1 N–H and O–H groups in total. The number of halogens is 1. The maximum absolute atomic E-state index is 13.3. The smallest absolute Gasteiger partial charge is 0.243 e. The van der Waals surface area contributed by atoms with E-state index in [0.717, 1.165) is 9.87 Å². The summed E-state index contributed by atoms with van der Waals surface area (Å²) in [6.45, 7) is 1.36. The number of carbonyl (C=O) groups is 1. The van der Waals surface area contributed by atoms with Crippen LogP contribution in [0.3, 0.4) is 0 Å². The summed E-state index contributed by atoms with van der Waals surface area (Å²) in [5.74, 6) is -0.481. The molecule has 0 bridgehead atoms. The number of sulfonamides is 1. The van der Waals surface area contributed by atoms with Crippen molar-refractivity contribution in [2.75, 3.05) is 19.0 Å². The first kappa shape index (κ1) is 22.5. The molecule has 0 aromatic heterocycles. The molecule has 0 saturated carbocycles. The summed E-state index contributed by atoms with van der Waals surface area (Å²) >= 11 is 0. The predicted octanol–water partition coefficient (Wildman–Crippen LogP) is 3.97. The van der Waals surface area contributed by atoms with E-state index in [4.69, 9.17) is 4.74 Å². The zero-order valence-corrected chi connectivity index (χ0v) is 18.0. The fraction of sp³-hybridized carbons (Fsp3) is 0.174. The van der Waals surface area contributed by atoms with Crippen LogP contribution in [-0.2, 0) is 21.4 Å². The number of anilines is 1. The minimum absolute atomic E-state index is 0.0676. The Bertz CT molecular complexity index is 1150. The molecule has 0 aliphatic rings. The van der Waals surface area contributed by atoms with Gasteiger partial charge in [0, 0.05) is 6.54 Å². The lowest BCUT2D eigenvalue weighted by molar-refractivity contribution is -0.116. The van der Waals surface area contributed by atoms with E-state index in [1.165, 1.54) is 43.5 Å². The molecule has 0 heterocycles. The van der Waals surface area contributed by atoms with Gasteiger partial charge in [-0.2, -0.15) is 4.31 Å². The minimum Gasteiger partial charge on any atom is -0.495 e. The van der Waals surface area contributed by atoms with E-state index in [-0.39, 0.29) is 11.4 Å². The van der Waals surface area contributed by atoms with E-state index in [2.05, 4.69) is 5.32 Å². The number of hydrogen-bond acceptors (Lipinski definition) is 4. The Morgan fingerprint density at radius 1 is 1.03 bits per heavy atom. The highest BCUT2D eigenvalue weighted by molar-refractivity contribution is 7.89. The first-order valence-corrected chi connectivity index (χ1v) is 11.0. The number of aryl methyl sites for hydroxylation is 1. The van der Waals surface area contributed by atoms with E-state index in [0.29, 0.717) is 17.0 Å². The molecular weight excluding hydrogens is 419 g/mol. The Balaban J connectivity index is 1.88. The quantitative estimate of drug-likeness (QED) is 0.573. The monoisotopic (exact) mass is 442 g/mol. The van der Waals surface area contributed by atoms with Gasteiger partial charge in [0.05, 0.1) is 24.2 Å². The molecule has 0 aliphatic heterocycles. The molecule has 3 rings (SSSR count). The molecular formula is C23H23FN2O4S. The topological polar surface area (TPSA) is 75.7 Å². The van der Waals surface area contributed by atoms with Gasteiger partial charge in [-0.25, -0.2) is 12.8 Å². The molecule has 1 amide bonds. The maximum atomic E-state index is 13.3. The zero-order valence-electron chi connectivity index (χ0n) is 17.2. The van der Waals surface area contributed by atoms with Crippen LogP contribution in [0.25, 0.3) is 0 Å². The first-order chi connectivity index (χ1) is 14.8. The summed E-state index contributed by atoms with van der Waals surface area (Å²) < 4.78 is 46.0. The van der Waals surface area contributed by atoms with E-state index in [1.54, 1.807) is 30.3 Å². The molecule has 6 nitrogen and oxygen atoms in total. The molecule has 0 atom stereocenters. The highest BCUT2D eigenvalue weighted by Crippen LogP contribution is 2.25. The second-order valence-electron chi connectivity index (χ2n) is 6.96. The van der Waals surface area contributed by atoms with Crippen LogP contribution in [0.5, 0.6) is 5.75 Å². The number of rotatable bonds is 8. The van der Waals surface area contributed by atoms with E-state index < -0.39 is 28.3 Å². The molecule has 3 aromatic carbocycles. The van der Waals surface area contributed by atoms with Crippen molar-refractivity contribution in [2.24, 2.45) is 0 Å². The van der Waals surface area contributed by atoms with Gasteiger partial charge >= 0.3 is 0 Å². The van der Waals surface area contributed by atoms with E-state index in [1.807, 2.05) is 13.0 Å². The second kappa shape index (κ2) is 9.72. The minimum atomic E-state index is -3.97. The number of nitrogens with one attached hydrogen (secondary N) is 1. The van der Waals surface area contributed by atoms with E-state index >= 15 is 0 Å². The molecule has 0 unspecified atom stereocenters. The number of methoxy groups -OCH3 is 1. The van der Waals surface area contributed by atoms with Crippen LogP contribution in [0.15, 0.2) is 77.7 Å². The fourth-order valence-corrected chi connectivity index (χ4v) is 4.44. The van der Waals surface area contributed by atoms with Gasteiger partial charge in [-0.15, -0.1) is 0 Å². The maximum Gasteiger partial charge on any atom is 0.243 e. The van der Waals surface area contributed by atoms with Crippen molar-refractivity contribution in [1.82, 2.24) is 4.31 Å². The summed E-state index contributed by atoms with van der Waals surface area (Å²) in [6.07, 6.45) is 0. The van der Waals surface area contributed by atoms with Crippen molar-refractivity contribution in [3.8, 4) is 5.75 Å². The van der Waals surface area contributed by atoms with Gasteiger partial charge in [-0.05, 0) is 54.4 Å². The lowest BCUT2D eigenvalue weighted by Gasteiger charge is -2.22. The van der Waals surface area contributed by atoms with Gasteiger partial charge in [0.15, 0.2) is 0 Å². The number of amides is 1. The second-order valence-corrected chi connectivity index (χ2v) is 8.90. The molecule has 31 heavy (non-hydrogen) atoms. The van der Waals surface area contributed by atoms with Crippen LogP contribution in [-0.4, -0.2) is 32.3 Å². The Labute approximate surface area is 181 Å². The van der Waals surface area contributed by atoms with Gasteiger partial charge in [0.25, 0.3) is 0 Å². The average molecular weight is 443 g/mol. The van der Waals surface area contributed by atoms with Gasteiger partial charge < -0.3 is 10.1 Å². The third kappa shape index (κ3) is 5.68. The molecule has 8 heteroatoms. The van der Waals surface area contributed by atoms with Crippen molar-refractivity contribution in [1.29, 1.82) is 0 Å². The number of nitrogens with zero attached hydrogens (tertiary/aromatic N) is 1. The fourth-order valence-electron chi connectivity index (χ4n) is 3.03. The van der Waals surface area contributed by atoms with Crippen LogP contribution >= 0.6 is 0 Å². The summed E-state index contributed by atoms with van der Waals surface area (Å²) in [7, 11) is -2.49. The molecule has 0 radical (unpaired) electrons. The van der Waals surface area contributed by atoms with Crippen molar-refractivity contribution >= 4 is 21.6 Å². The molecule has 0 saturated heterocycles. The molecule has 162 valence electrons. The Hall–Kier alpha value is -3.23. The van der Waals surface area contributed by atoms with Gasteiger partial charge in [0.1, 0.15) is 11.6 Å². The molecule has 0 fully saturated rings. The predicted molar refractivity (Wildman–Crippen MR) is 117 cm³/mol. The lowest BCUT2D eigenvalue weighted by atomic mass is 10.2. The zero-order chi connectivity index (χ0) is 22.4. The summed E-state index contributed by atoms with van der Waals surface area (Å²) in [4.78, 5) is 12.9. The summed E-state index contributed by atoms with van der Waals surface area (Å²) in [5, 5.41) is 2.72. The van der Waals surface area contributed by atoms with Crippen LogP contribution in [0.4, 0.5) is 10.1 Å². The Morgan fingerprint density at radius 2 is 1.71 bits per heavy atom. The summed E-state index contributed by atoms with van der Waals surface area (Å²) in [5.41, 5.74) is 1.92. The normalized spacial score (nSPS) is 11.4. The molecule has 0 spiro atoms. The van der Waals surface area contributed by atoms with Crippen LogP contribution in [0.1, 0.15) is 11.1 Å². The molecule has 0 aliphatic carbocycles. The van der Waals surface area contributed by atoms with Crippen LogP contribution in [0, 0.1) is 12.7 Å².